The molecule has 0 aromatic carbocycles. The van der Waals surface area contributed by atoms with E-state index in [0.717, 1.165) is 56.4 Å². The van der Waals surface area contributed by atoms with Gasteiger partial charge in [0.05, 0.1) is 36.7 Å². The quantitative estimate of drug-likeness (QED) is 0.570. The second kappa shape index (κ2) is 8.73. The average Bonchev–Trinajstić information content (AvgIpc) is 3.23. The van der Waals surface area contributed by atoms with Crippen LogP contribution < -0.4 is 0 Å². The van der Waals surface area contributed by atoms with E-state index in [4.69, 9.17) is 0 Å². The van der Waals surface area contributed by atoms with Crippen molar-refractivity contribution in [1.29, 1.82) is 0 Å². The summed E-state index contributed by atoms with van der Waals surface area (Å²) in [6.45, 7) is 18.1. The molecule has 0 saturated carbocycles. The molecule has 0 aliphatic heterocycles. The Balaban J connectivity index is 1.64. The average molecular weight is 384 g/mol. The highest BCUT2D eigenvalue weighted by molar-refractivity contribution is 5.08. The second-order valence-electron chi connectivity index (χ2n) is 7.79. The van der Waals surface area contributed by atoms with Crippen molar-refractivity contribution in [2.45, 2.75) is 61.2 Å². The van der Waals surface area contributed by atoms with Gasteiger partial charge in [0.15, 0.2) is 0 Å². The predicted molar refractivity (Wildman–Crippen MR) is 112 cm³/mol. The maximum absolute atomic E-state index is 4.61. The standard InChI is InChI=1S/C21H33N7/c1-16-13-19(4)26(22-16)10-7-25(8-11-27-20(5)14-17(2)23-27)9-12-28-21(6)15-18(3)24-28/h13-15H,7-12H2,1-6H3. The van der Waals surface area contributed by atoms with Crippen LogP contribution in [0.4, 0.5) is 0 Å². The Morgan fingerprint density at radius 1 is 0.571 bits per heavy atom. The van der Waals surface area contributed by atoms with E-state index in [1.807, 2.05) is 20.8 Å². The Bertz CT molecular complexity index is 796. The van der Waals surface area contributed by atoms with Crippen molar-refractivity contribution >= 4 is 0 Å². The Morgan fingerprint density at radius 3 is 1.07 bits per heavy atom. The summed E-state index contributed by atoms with van der Waals surface area (Å²) in [4.78, 5) is 2.49. The summed E-state index contributed by atoms with van der Waals surface area (Å²) >= 11 is 0. The van der Waals surface area contributed by atoms with Crippen LogP contribution in [-0.4, -0.2) is 53.9 Å². The molecule has 0 fully saturated rings. The first-order chi connectivity index (χ1) is 13.3. The van der Waals surface area contributed by atoms with Crippen molar-refractivity contribution in [1.82, 2.24) is 34.2 Å². The van der Waals surface area contributed by atoms with Gasteiger partial charge in [0.1, 0.15) is 0 Å². The Labute approximate surface area is 168 Å². The van der Waals surface area contributed by atoms with Crippen LogP contribution in [0.15, 0.2) is 18.2 Å². The lowest BCUT2D eigenvalue weighted by Crippen LogP contribution is -2.34. The molecule has 28 heavy (non-hydrogen) atoms. The Kier molecular flexibility index (Phi) is 6.34. The van der Waals surface area contributed by atoms with Crippen LogP contribution in [0.2, 0.25) is 0 Å². The molecule has 0 amide bonds. The van der Waals surface area contributed by atoms with Gasteiger partial charge in [0.25, 0.3) is 0 Å². The van der Waals surface area contributed by atoms with E-state index in [-0.39, 0.29) is 0 Å². The normalized spacial score (nSPS) is 11.7. The molecule has 7 nitrogen and oxygen atoms in total. The highest BCUT2D eigenvalue weighted by Crippen LogP contribution is 2.06. The van der Waals surface area contributed by atoms with Crippen LogP contribution in [0, 0.1) is 41.5 Å². The van der Waals surface area contributed by atoms with Crippen LogP contribution in [0.25, 0.3) is 0 Å². The van der Waals surface area contributed by atoms with Gasteiger partial charge in [-0.25, -0.2) is 0 Å². The van der Waals surface area contributed by atoms with Gasteiger partial charge in [-0.3, -0.25) is 18.9 Å². The molecular formula is C21H33N7. The summed E-state index contributed by atoms with van der Waals surface area (Å²) in [5.41, 5.74) is 6.89. The predicted octanol–water partition coefficient (Wildman–Crippen LogP) is 2.83. The summed E-state index contributed by atoms with van der Waals surface area (Å²) in [5, 5.41) is 13.8. The summed E-state index contributed by atoms with van der Waals surface area (Å²) in [6, 6.07) is 6.41. The lowest BCUT2D eigenvalue weighted by Gasteiger charge is -2.23. The van der Waals surface area contributed by atoms with Gasteiger partial charge >= 0.3 is 0 Å². The van der Waals surface area contributed by atoms with Crippen LogP contribution in [0.3, 0.4) is 0 Å². The number of rotatable bonds is 9. The van der Waals surface area contributed by atoms with Gasteiger partial charge in [-0.05, 0) is 59.7 Å². The summed E-state index contributed by atoms with van der Waals surface area (Å²) in [7, 11) is 0. The monoisotopic (exact) mass is 383 g/mol. The van der Waals surface area contributed by atoms with Crippen molar-refractivity contribution in [2.75, 3.05) is 19.6 Å². The molecule has 3 rings (SSSR count). The molecular weight excluding hydrogens is 350 g/mol. The largest absolute Gasteiger partial charge is 0.298 e. The fourth-order valence-electron chi connectivity index (χ4n) is 3.75. The summed E-state index contributed by atoms with van der Waals surface area (Å²) < 4.78 is 6.32. The molecule has 7 heteroatoms. The number of hydrogen-bond acceptors (Lipinski definition) is 4. The molecule has 0 aliphatic rings. The molecule has 0 spiro atoms. The third kappa shape index (κ3) is 5.10. The van der Waals surface area contributed by atoms with Crippen LogP contribution in [0.5, 0.6) is 0 Å². The summed E-state index contributed by atoms with van der Waals surface area (Å²) in [5.74, 6) is 0. The van der Waals surface area contributed by atoms with Crippen LogP contribution >= 0.6 is 0 Å². The maximum atomic E-state index is 4.61. The molecule has 152 valence electrons. The zero-order valence-corrected chi connectivity index (χ0v) is 18.1. The molecule has 0 saturated heterocycles. The van der Waals surface area contributed by atoms with Crippen molar-refractivity contribution in [3.8, 4) is 0 Å². The summed E-state index contributed by atoms with van der Waals surface area (Å²) in [6.07, 6.45) is 0. The molecule has 0 bridgehead atoms. The zero-order chi connectivity index (χ0) is 20.3. The first-order valence-electron chi connectivity index (χ1n) is 10.1. The minimum atomic E-state index is 0.897. The molecule has 3 aromatic rings. The van der Waals surface area contributed by atoms with Crippen molar-refractivity contribution < 1.29 is 0 Å². The smallest absolute Gasteiger partial charge is 0.0596 e. The van der Waals surface area contributed by atoms with E-state index in [1.165, 1.54) is 17.1 Å². The first-order valence-corrected chi connectivity index (χ1v) is 10.1. The minimum Gasteiger partial charge on any atom is -0.298 e. The lowest BCUT2D eigenvalue weighted by atomic mass is 10.3. The maximum Gasteiger partial charge on any atom is 0.0596 e. The van der Waals surface area contributed by atoms with E-state index >= 15 is 0 Å². The molecule has 0 radical (unpaired) electrons. The highest BCUT2D eigenvalue weighted by Gasteiger charge is 2.11. The number of aromatic nitrogens is 6. The van der Waals surface area contributed by atoms with Gasteiger partial charge in [-0.1, -0.05) is 0 Å². The van der Waals surface area contributed by atoms with Gasteiger partial charge in [-0.2, -0.15) is 15.3 Å². The fourth-order valence-corrected chi connectivity index (χ4v) is 3.75. The van der Waals surface area contributed by atoms with Gasteiger partial charge in [-0.15, -0.1) is 0 Å². The van der Waals surface area contributed by atoms with E-state index in [9.17, 15) is 0 Å². The number of aryl methyl sites for hydroxylation is 6. The van der Waals surface area contributed by atoms with Gasteiger partial charge < -0.3 is 0 Å². The van der Waals surface area contributed by atoms with E-state index in [2.05, 4.69) is 73.2 Å². The topological polar surface area (TPSA) is 56.7 Å². The Morgan fingerprint density at radius 2 is 0.857 bits per heavy atom. The molecule has 0 atom stereocenters. The lowest BCUT2D eigenvalue weighted by molar-refractivity contribution is 0.231. The van der Waals surface area contributed by atoms with E-state index in [1.54, 1.807) is 0 Å². The molecule has 0 aliphatic carbocycles. The molecule has 3 aromatic heterocycles. The third-order valence-corrected chi connectivity index (χ3v) is 5.19. The van der Waals surface area contributed by atoms with Crippen molar-refractivity contribution in [2.24, 2.45) is 0 Å². The van der Waals surface area contributed by atoms with E-state index < -0.39 is 0 Å². The molecule has 0 N–H and O–H groups in total. The fraction of sp³-hybridized carbons (Fsp3) is 0.571. The molecule has 3 heterocycles. The number of nitrogens with zero attached hydrogens (tertiary/aromatic N) is 7. The second-order valence-corrected chi connectivity index (χ2v) is 7.79. The first kappa shape index (κ1) is 20.3. The SMILES string of the molecule is Cc1cc(C)n(CCN(CCn2nc(C)cc2C)CCn2nc(C)cc2C)n1. The highest BCUT2D eigenvalue weighted by atomic mass is 15.3. The van der Waals surface area contributed by atoms with E-state index in [0.29, 0.717) is 0 Å². The zero-order valence-electron chi connectivity index (χ0n) is 18.1. The van der Waals surface area contributed by atoms with Crippen molar-refractivity contribution in [3.63, 3.8) is 0 Å². The van der Waals surface area contributed by atoms with Crippen LogP contribution in [-0.2, 0) is 19.6 Å². The Hall–Kier alpha value is -2.41. The van der Waals surface area contributed by atoms with Gasteiger partial charge in [0, 0.05) is 36.7 Å². The number of hydrogen-bond donors (Lipinski definition) is 0. The third-order valence-electron chi connectivity index (χ3n) is 5.19. The van der Waals surface area contributed by atoms with Crippen molar-refractivity contribution in [3.05, 3.63) is 52.4 Å². The minimum absolute atomic E-state index is 0.897. The van der Waals surface area contributed by atoms with Gasteiger partial charge in [0.2, 0.25) is 0 Å². The van der Waals surface area contributed by atoms with Crippen LogP contribution in [0.1, 0.15) is 34.2 Å². The molecule has 0 unspecified atom stereocenters.